The Kier molecular flexibility index (Phi) is 7.26. The van der Waals surface area contributed by atoms with Gasteiger partial charge in [-0.05, 0) is 41.3 Å². The predicted octanol–water partition coefficient (Wildman–Crippen LogP) is 4.33. The Hall–Kier alpha value is -5.25. The minimum absolute atomic E-state index is 0.144. The van der Waals surface area contributed by atoms with Crippen LogP contribution in [-0.4, -0.2) is 45.0 Å². The minimum Gasteiger partial charge on any atom is -0.493 e. The molecule has 1 N–H and O–H groups in total. The molecule has 0 radical (unpaired) electrons. The average molecular weight is 563 g/mol. The summed E-state index contributed by atoms with van der Waals surface area (Å²) in [5.41, 5.74) is 8.84. The maximum absolute atomic E-state index is 14.3. The largest absolute Gasteiger partial charge is 0.493 e. The van der Waals surface area contributed by atoms with Gasteiger partial charge in [-0.25, -0.2) is 14.5 Å². The lowest BCUT2D eigenvalue weighted by atomic mass is 9.91. The van der Waals surface area contributed by atoms with Crippen LogP contribution in [0, 0.1) is 0 Å². The summed E-state index contributed by atoms with van der Waals surface area (Å²) in [6.07, 6.45) is 3.49. The second-order valence-corrected chi connectivity index (χ2v) is 10.0. The number of rotatable bonds is 9. The summed E-state index contributed by atoms with van der Waals surface area (Å²) in [6.45, 7) is 2.07. The smallest absolute Gasteiger partial charge is 0.263 e. The van der Waals surface area contributed by atoms with Crippen LogP contribution in [0.25, 0.3) is 22.6 Å². The van der Waals surface area contributed by atoms with E-state index in [9.17, 15) is 9.59 Å². The number of carbonyl (C=O) groups is 1. The second kappa shape index (κ2) is 11.3. The molecule has 0 bridgehead atoms. The van der Waals surface area contributed by atoms with E-state index in [0.29, 0.717) is 47.1 Å². The Morgan fingerprint density at radius 1 is 0.929 bits per heavy atom. The van der Waals surface area contributed by atoms with E-state index >= 15 is 0 Å². The van der Waals surface area contributed by atoms with Crippen molar-refractivity contribution >= 4 is 17.4 Å². The van der Waals surface area contributed by atoms with Gasteiger partial charge >= 0.3 is 0 Å². The van der Waals surface area contributed by atoms with E-state index in [1.807, 2.05) is 48.5 Å². The highest BCUT2D eigenvalue weighted by molar-refractivity contribution is 6.16. The summed E-state index contributed by atoms with van der Waals surface area (Å²) in [7, 11) is 3.12. The number of nitrogens with one attached hydrogen (secondary N) is 1. The van der Waals surface area contributed by atoms with Gasteiger partial charge in [0, 0.05) is 23.6 Å². The van der Waals surface area contributed by atoms with Crippen LogP contribution >= 0.6 is 0 Å². The molecule has 6 rings (SSSR count). The van der Waals surface area contributed by atoms with Gasteiger partial charge in [-0.3, -0.25) is 9.59 Å². The second-order valence-electron chi connectivity index (χ2n) is 10.0. The van der Waals surface area contributed by atoms with Crippen LogP contribution in [0.4, 0.5) is 0 Å². The van der Waals surface area contributed by atoms with Crippen molar-refractivity contribution in [3.8, 4) is 28.3 Å². The van der Waals surface area contributed by atoms with Crippen LogP contribution < -0.4 is 20.5 Å². The summed E-state index contributed by atoms with van der Waals surface area (Å²) in [6, 6.07) is 21.4. The van der Waals surface area contributed by atoms with E-state index in [0.717, 1.165) is 34.4 Å². The SMILES string of the molecule is CCCc1c(Cc2ccc(-c3ccccc3)c(C3=NNC(=O)C3)c2)c(=O)n(-c2ccc(OC)c(OC)c2)c2ncnn12. The molecular weight excluding hydrogens is 532 g/mol. The molecule has 2 aromatic heterocycles. The number of aryl methyl sites for hydroxylation is 1. The summed E-state index contributed by atoms with van der Waals surface area (Å²) >= 11 is 0. The molecular formula is C32H30N6O4. The number of hydrazone groups is 1. The summed E-state index contributed by atoms with van der Waals surface area (Å²) in [4.78, 5) is 30.9. The van der Waals surface area contributed by atoms with Gasteiger partial charge in [-0.2, -0.15) is 15.2 Å². The zero-order valence-corrected chi connectivity index (χ0v) is 23.6. The number of benzene rings is 3. The Balaban J connectivity index is 1.52. The molecule has 0 fully saturated rings. The Bertz CT molecular complexity index is 1890. The summed E-state index contributed by atoms with van der Waals surface area (Å²) < 4.78 is 14.2. The van der Waals surface area contributed by atoms with Crippen molar-refractivity contribution in [3.05, 3.63) is 106 Å². The first-order chi connectivity index (χ1) is 20.5. The molecule has 0 saturated carbocycles. The fourth-order valence-electron chi connectivity index (χ4n) is 5.45. The van der Waals surface area contributed by atoms with Crippen LogP contribution in [-0.2, 0) is 17.6 Å². The van der Waals surface area contributed by atoms with E-state index in [1.54, 1.807) is 41.5 Å². The molecule has 5 aromatic rings. The van der Waals surface area contributed by atoms with Crippen molar-refractivity contribution in [2.24, 2.45) is 5.10 Å². The van der Waals surface area contributed by atoms with Gasteiger partial charge in [-0.15, -0.1) is 0 Å². The fraction of sp³-hybridized carbons (Fsp3) is 0.219. The number of methoxy groups -OCH3 is 2. The quantitative estimate of drug-likeness (QED) is 0.286. The van der Waals surface area contributed by atoms with Crippen LogP contribution in [0.15, 0.2) is 83.0 Å². The maximum Gasteiger partial charge on any atom is 0.263 e. The van der Waals surface area contributed by atoms with Crippen LogP contribution in [0.2, 0.25) is 0 Å². The zero-order valence-electron chi connectivity index (χ0n) is 23.6. The van der Waals surface area contributed by atoms with Crippen molar-refractivity contribution in [2.45, 2.75) is 32.6 Å². The first kappa shape index (κ1) is 26.9. The van der Waals surface area contributed by atoms with E-state index < -0.39 is 0 Å². The Morgan fingerprint density at radius 3 is 2.45 bits per heavy atom. The summed E-state index contributed by atoms with van der Waals surface area (Å²) in [5.74, 6) is 1.34. The van der Waals surface area contributed by atoms with Crippen molar-refractivity contribution in [1.29, 1.82) is 0 Å². The van der Waals surface area contributed by atoms with E-state index in [1.165, 1.54) is 6.33 Å². The van der Waals surface area contributed by atoms with Gasteiger partial charge in [0.15, 0.2) is 11.5 Å². The van der Waals surface area contributed by atoms with Gasteiger partial charge in [0.2, 0.25) is 11.7 Å². The number of ether oxygens (including phenoxy) is 2. The highest BCUT2D eigenvalue weighted by Crippen LogP contribution is 2.31. The van der Waals surface area contributed by atoms with Gasteiger partial charge in [-0.1, -0.05) is 55.8 Å². The van der Waals surface area contributed by atoms with Crippen molar-refractivity contribution < 1.29 is 14.3 Å². The first-order valence-electron chi connectivity index (χ1n) is 13.7. The Morgan fingerprint density at radius 2 is 1.74 bits per heavy atom. The number of nitrogens with zero attached hydrogens (tertiary/aromatic N) is 5. The topological polar surface area (TPSA) is 112 Å². The lowest BCUT2D eigenvalue weighted by Crippen LogP contribution is -2.28. The maximum atomic E-state index is 14.3. The lowest BCUT2D eigenvalue weighted by molar-refractivity contribution is -0.119. The third kappa shape index (κ3) is 4.81. The number of carbonyl (C=O) groups excluding carboxylic acids is 1. The van der Waals surface area contributed by atoms with Crippen molar-refractivity contribution in [1.82, 2.24) is 24.6 Å². The molecule has 0 unspecified atom stereocenters. The molecule has 0 atom stereocenters. The molecule has 0 spiro atoms. The molecule has 1 aliphatic rings. The van der Waals surface area contributed by atoms with Crippen LogP contribution in [0.1, 0.15) is 42.1 Å². The normalized spacial score (nSPS) is 12.8. The number of hydrogen-bond acceptors (Lipinski definition) is 7. The Labute approximate surface area is 242 Å². The number of fused-ring (bicyclic) bond motifs is 1. The van der Waals surface area contributed by atoms with E-state index in [-0.39, 0.29) is 17.9 Å². The van der Waals surface area contributed by atoms with Crippen molar-refractivity contribution in [3.63, 3.8) is 0 Å². The average Bonchev–Trinajstić information content (AvgIpc) is 3.68. The monoisotopic (exact) mass is 562 g/mol. The highest BCUT2D eigenvalue weighted by Gasteiger charge is 2.23. The number of amides is 1. The van der Waals surface area contributed by atoms with Crippen LogP contribution in [0.5, 0.6) is 11.5 Å². The van der Waals surface area contributed by atoms with Gasteiger partial charge in [0.05, 0.1) is 37.7 Å². The molecule has 0 saturated heterocycles. The zero-order chi connectivity index (χ0) is 29.2. The molecule has 1 amide bonds. The molecule has 1 aliphatic heterocycles. The minimum atomic E-state index is -0.185. The number of hydrogen-bond donors (Lipinski definition) is 1. The molecule has 42 heavy (non-hydrogen) atoms. The van der Waals surface area contributed by atoms with E-state index in [4.69, 9.17) is 9.47 Å². The molecule has 10 nitrogen and oxygen atoms in total. The predicted molar refractivity (Wildman–Crippen MR) is 160 cm³/mol. The van der Waals surface area contributed by atoms with Gasteiger partial charge < -0.3 is 9.47 Å². The lowest BCUT2D eigenvalue weighted by Gasteiger charge is -2.17. The molecule has 0 aliphatic carbocycles. The van der Waals surface area contributed by atoms with Gasteiger partial charge in [0.1, 0.15) is 6.33 Å². The number of aromatic nitrogens is 4. The van der Waals surface area contributed by atoms with Gasteiger partial charge in [0.25, 0.3) is 5.56 Å². The third-order valence-electron chi connectivity index (χ3n) is 7.41. The summed E-state index contributed by atoms with van der Waals surface area (Å²) in [5, 5.41) is 8.82. The van der Waals surface area contributed by atoms with E-state index in [2.05, 4.69) is 27.5 Å². The molecule has 3 heterocycles. The fourth-order valence-corrected chi connectivity index (χ4v) is 5.45. The third-order valence-corrected chi connectivity index (χ3v) is 7.41. The van der Waals surface area contributed by atoms with Crippen LogP contribution in [0.3, 0.4) is 0 Å². The highest BCUT2D eigenvalue weighted by atomic mass is 16.5. The standard InChI is InChI=1S/C32H30N6O4/c1-4-8-27-25(31(40)37(32-33-19-34-38(27)32)22-12-14-28(41-2)29(17-22)42-3)16-20-11-13-23(21-9-6-5-7-10-21)24(15-20)26-18-30(39)36-35-26/h5-7,9-15,17,19H,4,8,16,18H2,1-3H3,(H,36,39). The first-order valence-corrected chi connectivity index (χ1v) is 13.7. The molecule has 3 aromatic carbocycles. The molecule has 10 heteroatoms. The van der Waals surface area contributed by atoms with Crippen molar-refractivity contribution in [2.75, 3.05) is 14.2 Å². The molecule has 212 valence electrons.